The Bertz CT molecular complexity index is 1330. The van der Waals surface area contributed by atoms with Crippen LogP contribution in [0.1, 0.15) is 27.2 Å². The van der Waals surface area contributed by atoms with E-state index >= 15 is 0 Å². The lowest BCUT2D eigenvalue weighted by atomic mass is 10.1. The topological polar surface area (TPSA) is 75.9 Å². The molecule has 10 heteroatoms. The highest BCUT2D eigenvalue weighted by Gasteiger charge is 2.29. The van der Waals surface area contributed by atoms with Gasteiger partial charge in [0.1, 0.15) is 22.8 Å². The largest absolute Gasteiger partial charge is 0.443 e. The van der Waals surface area contributed by atoms with Gasteiger partial charge in [0.2, 0.25) is 10.1 Å². The van der Waals surface area contributed by atoms with Crippen molar-refractivity contribution in [2.75, 3.05) is 31.1 Å². The molecule has 1 aromatic carbocycles. The minimum atomic E-state index is -0.472. The monoisotopic (exact) mass is 494 g/mol. The zero-order chi connectivity index (χ0) is 24.6. The predicted molar refractivity (Wildman–Crippen MR) is 134 cm³/mol. The van der Waals surface area contributed by atoms with Gasteiger partial charge in [-0.1, -0.05) is 18.3 Å². The van der Waals surface area contributed by atoms with E-state index in [9.17, 15) is 9.18 Å². The van der Waals surface area contributed by atoms with Crippen LogP contribution in [-0.4, -0.2) is 62.4 Å². The van der Waals surface area contributed by atoms with Crippen molar-refractivity contribution >= 4 is 27.5 Å². The third-order valence-electron chi connectivity index (χ3n) is 6.29. The van der Waals surface area contributed by atoms with Crippen LogP contribution in [0.4, 0.5) is 14.3 Å². The molecule has 0 radical (unpaired) electrons. The lowest BCUT2D eigenvalue weighted by Crippen LogP contribution is -2.50. The molecule has 5 rings (SSSR count). The number of imidazole rings is 1. The molecule has 182 valence electrons. The maximum atomic E-state index is 13.5. The molecule has 0 aliphatic carbocycles. The minimum Gasteiger partial charge on any atom is -0.443 e. The molecule has 0 N–H and O–H groups in total. The summed E-state index contributed by atoms with van der Waals surface area (Å²) in [6.45, 7) is 8.31. The number of pyridine rings is 1. The molecule has 0 unspecified atom stereocenters. The van der Waals surface area contributed by atoms with Gasteiger partial charge < -0.3 is 14.5 Å². The molecule has 1 amide bonds. The summed E-state index contributed by atoms with van der Waals surface area (Å²) in [7, 11) is 0. The number of fused-ring (bicyclic) bond motifs is 1. The number of ether oxygens (including phenoxy) is 1. The molecule has 4 aromatic rings. The second-order valence-corrected chi connectivity index (χ2v) is 10.0. The van der Waals surface area contributed by atoms with Crippen molar-refractivity contribution in [3.63, 3.8) is 0 Å². The number of benzene rings is 1. The van der Waals surface area contributed by atoms with E-state index in [1.54, 1.807) is 29.4 Å². The first kappa shape index (κ1) is 23.2. The Kier molecular flexibility index (Phi) is 6.14. The van der Waals surface area contributed by atoms with Crippen LogP contribution in [0.2, 0.25) is 0 Å². The first-order valence-corrected chi connectivity index (χ1v) is 12.4. The van der Waals surface area contributed by atoms with E-state index in [0.717, 1.165) is 39.0 Å². The lowest BCUT2D eigenvalue weighted by Gasteiger charge is -2.35. The van der Waals surface area contributed by atoms with Gasteiger partial charge in [-0.15, -0.1) is 5.10 Å². The number of amides is 1. The third-order valence-corrected chi connectivity index (χ3v) is 7.26. The van der Waals surface area contributed by atoms with E-state index in [1.165, 1.54) is 23.5 Å². The highest BCUT2D eigenvalue weighted by Crippen LogP contribution is 2.36. The highest BCUT2D eigenvalue weighted by atomic mass is 32.1. The molecule has 1 aliphatic heterocycles. The Hall–Kier alpha value is -3.53. The number of piperazine rings is 1. The van der Waals surface area contributed by atoms with Gasteiger partial charge in [-0.2, -0.15) is 0 Å². The summed E-state index contributed by atoms with van der Waals surface area (Å²) in [6, 6.07) is 10.2. The van der Waals surface area contributed by atoms with Crippen molar-refractivity contribution in [2.24, 2.45) is 0 Å². The molecule has 4 heterocycles. The van der Waals surface area contributed by atoms with Crippen molar-refractivity contribution in [3.05, 3.63) is 54.6 Å². The average Bonchev–Trinajstić information content (AvgIpc) is 3.43. The van der Waals surface area contributed by atoms with Gasteiger partial charge >= 0.3 is 6.09 Å². The third kappa shape index (κ3) is 4.70. The predicted octanol–water partition coefficient (Wildman–Crippen LogP) is 5.11. The van der Waals surface area contributed by atoms with Crippen LogP contribution in [0.5, 0.6) is 0 Å². The summed E-state index contributed by atoms with van der Waals surface area (Å²) >= 11 is 1.50. The molecule has 1 fully saturated rings. The molecule has 0 bridgehead atoms. The smallest absolute Gasteiger partial charge is 0.410 e. The van der Waals surface area contributed by atoms with Gasteiger partial charge in [0.15, 0.2) is 0 Å². The molecule has 1 aliphatic rings. The normalized spacial score (nSPS) is 14.5. The van der Waals surface area contributed by atoms with Crippen LogP contribution in [-0.2, 0) is 4.74 Å². The SMILES string of the molecule is CCC(C)(C)OC(=O)N1CCN(c2nn3c(-c4ccncc4)c(-c4ccc(F)cc4)nc3s2)CC1. The van der Waals surface area contributed by atoms with E-state index in [1.807, 2.05) is 37.4 Å². The molecule has 0 spiro atoms. The standard InChI is InChI=1S/C25H27FN6O2S/c1-4-25(2,3)34-24(33)31-15-13-30(14-16-31)23-29-32-21(18-9-11-27-12-10-18)20(28-22(32)35-23)17-5-7-19(26)8-6-17/h5-12H,4,13-16H2,1-3H3. The summed E-state index contributed by atoms with van der Waals surface area (Å²) < 4.78 is 21.0. The van der Waals surface area contributed by atoms with Crippen LogP contribution in [0, 0.1) is 5.82 Å². The number of hydrogen-bond acceptors (Lipinski definition) is 7. The fraction of sp³-hybridized carbons (Fsp3) is 0.360. The average molecular weight is 495 g/mol. The van der Waals surface area contributed by atoms with Gasteiger partial charge in [-0.05, 0) is 56.7 Å². The Morgan fingerprint density at radius 1 is 1.06 bits per heavy atom. The molecule has 3 aromatic heterocycles. The second-order valence-electron chi connectivity index (χ2n) is 9.09. The van der Waals surface area contributed by atoms with Crippen molar-refractivity contribution in [1.29, 1.82) is 0 Å². The number of nitrogens with zero attached hydrogens (tertiary/aromatic N) is 6. The highest BCUT2D eigenvalue weighted by molar-refractivity contribution is 7.20. The maximum Gasteiger partial charge on any atom is 0.410 e. The molecule has 0 saturated carbocycles. The summed E-state index contributed by atoms with van der Waals surface area (Å²) in [4.78, 5) is 26.2. The first-order chi connectivity index (χ1) is 16.8. The zero-order valence-corrected chi connectivity index (χ0v) is 20.8. The van der Waals surface area contributed by atoms with Gasteiger partial charge in [-0.25, -0.2) is 18.7 Å². The van der Waals surface area contributed by atoms with Gasteiger partial charge in [0, 0.05) is 49.7 Å². The Balaban J connectivity index is 1.41. The Morgan fingerprint density at radius 2 is 1.74 bits per heavy atom. The van der Waals surface area contributed by atoms with Gasteiger partial charge in [0.05, 0.1) is 0 Å². The van der Waals surface area contributed by atoms with Gasteiger partial charge in [0.25, 0.3) is 0 Å². The summed E-state index contributed by atoms with van der Waals surface area (Å²) in [5.74, 6) is -0.290. The number of carbonyl (C=O) groups excluding carboxylic acids is 1. The molecular formula is C25H27FN6O2S. The van der Waals surface area contributed by atoms with Crippen LogP contribution in [0.25, 0.3) is 27.5 Å². The van der Waals surface area contributed by atoms with Crippen LogP contribution in [0.15, 0.2) is 48.8 Å². The number of rotatable bonds is 5. The molecule has 8 nitrogen and oxygen atoms in total. The van der Waals surface area contributed by atoms with E-state index in [-0.39, 0.29) is 11.9 Å². The van der Waals surface area contributed by atoms with E-state index in [0.29, 0.717) is 26.2 Å². The van der Waals surface area contributed by atoms with Crippen molar-refractivity contribution in [2.45, 2.75) is 32.8 Å². The maximum absolute atomic E-state index is 13.5. The number of carbonyl (C=O) groups is 1. The molecule has 35 heavy (non-hydrogen) atoms. The molecule has 0 atom stereocenters. The van der Waals surface area contributed by atoms with Crippen molar-refractivity contribution in [1.82, 2.24) is 24.5 Å². The molecule has 1 saturated heterocycles. The van der Waals surface area contributed by atoms with E-state index < -0.39 is 5.60 Å². The Labute approximate surface area is 207 Å². The number of aromatic nitrogens is 4. The van der Waals surface area contributed by atoms with E-state index in [2.05, 4.69) is 9.88 Å². The van der Waals surface area contributed by atoms with Crippen LogP contribution >= 0.6 is 11.3 Å². The fourth-order valence-electron chi connectivity index (χ4n) is 3.90. The number of anilines is 1. The van der Waals surface area contributed by atoms with Crippen LogP contribution in [0.3, 0.4) is 0 Å². The summed E-state index contributed by atoms with van der Waals surface area (Å²) in [5, 5.41) is 5.73. The minimum absolute atomic E-state index is 0.269. The van der Waals surface area contributed by atoms with E-state index in [4.69, 9.17) is 14.8 Å². The quantitative estimate of drug-likeness (QED) is 0.384. The molecular weight excluding hydrogens is 467 g/mol. The van der Waals surface area contributed by atoms with Crippen molar-refractivity contribution in [3.8, 4) is 22.5 Å². The lowest BCUT2D eigenvalue weighted by molar-refractivity contribution is 0.0106. The van der Waals surface area contributed by atoms with Crippen LogP contribution < -0.4 is 4.90 Å². The fourth-order valence-corrected chi connectivity index (χ4v) is 4.85. The second kappa shape index (κ2) is 9.26. The van der Waals surface area contributed by atoms with Gasteiger partial charge in [-0.3, -0.25) is 4.98 Å². The summed E-state index contributed by atoms with van der Waals surface area (Å²) in [6.07, 6.45) is 3.95. The Morgan fingerprint density at radius 3 is 2.40 bits per heavy atom. The first-order valence-electron chi connectivity index (χ1n) is 11.6. The number of halogens is 1. The number of hydrogen-bond donors (Lipinski definition) is 0. The van der Waals surface area contributed by atoms with Crippen molar-refractivity contribution < 1.29 is 13.9 Å². The summed E-state index contributed by atoms with van der Waals surface area (Å²) in [5.41, 5.74) is 2.85. The zero-order valence-electron chi connectivity index (χ0n) is 19.9.